The van der Waals surface area contributed by atoms with Crippen LogP contribution in [0.15, 0.2) is 42.7 Å². The zero-order chi connectivity index (χ0) is 17.3. The fourth-order valence-electron chi connectivity index (χ4n) is 2.90. The van der Waals surface area contributed by atoms with E-state index in [9.17, 15) is 4.79 Å². The Bertz CT molecular complexity index is 874. The summed E-state index contributed by atoms with van der Waals surface area (Å²) >= 11 is 0. The van der Waals surface area contributed by atoms with Crippen LogP contribution in [-0.2, 0) is 0 Å². The van der Waals surface area contributed by atoms with E-state index >= 15 is 0 Å². The summed E-state index contributed by atoms with van der Waals surface area (Å²) in [6, 6.07) is 9.72. The molecule has 3 aromatic rings. The molecule has 1 aromatic carbocycles. The van der Waals surface area contributed by atoms with Gasteiger partial charge in [0.2, 0.25) is 0 Å². The van der Waals surface area contributed by atoms with Crippen LogP contribution in [-0.4, -0.2) is 20.7 Å². The highest BCUT2D eigenvalue weighted by Crippen LogP contribution is 2.23. The summed E-state index contributed by atoms with van der Waals surface area (Å²) in [6.45, 7) is 7.91. The minimum absolute atomic E-state index is 0.162. The van der Waals surface area contributed by atoms with Crippen molar-refractivity contribution in [3.8, 4) is 5.82 Å². The zero-order valence-electron chi connectivity index (χ0n) is 14.3. The molecule has 1 N–H and O–H groups in total. The normalized spacial score (nSPS) is 10.7. The number of nitrogens with zero attached hydrogens (tertiary/aromatic N) is 3. The third kappa shape index (κ3) is 2.93. The Balaban J connectivity index is 1.91. The van der Waals surface area contributed by atoms with E-state index in [1.807, 2.05) is 45.9 Å². The molecule has 2 aromatic heterocycles. The molecule has 0 saturated heterocycles. The lowest BCUT2D eigenvalue weighted by Crippen LogP contribution is -2.15. The third-order valence-electron chi connectivity index (χ3n) is 4.04. The molecular weight excluding hydrogens is 300 g/mol. The first-order chi connectivity index (χ1) is 11.5. The molecule has 2 heterocycles. The van der Waals surface area contributed by atoms with E-state index in [-0.39, 0.29) is 5.91 Å². The summed E-state index contributed by atoms with van der Waals surface area (Å²) in [5, 5.41) is 7.32. The summed E-state index contributed by atoms with van der Waals surface area (Å²) < 4.78 is 1.67. The zero-order valence-corrected chi connectivity index (χ0v) is 14.3. The number of pyridine rings is 1. The summed E-state index contributed by atoms with van der Waals surface area (Å²) in [5.74, 6) is 0.529. The summed E-state index contributed by atoms with van der Waals surface area (Å²) in [6.07, 6.45) is 3.29. The van der Waals surface area contributed by atoms with Gasteiger partial charge in [-0.2, -0.15) is 5.10 Å². The maximum atomic E-state index is 12.7. The largest absolute Gasteiger partial charge is 0.321 e. The van der Waals surface area contributed by atoms with Gasteiger partial charge in [-0.1, -0.05) is 23.8 Å². The monoisotopic (exact) mass is 320 g/mol. The Kier molecular flexibility index (Phi) is 4.16. The number of hydrogen-bond donors (Lipinski definition) is 1. The molecule has 0 spiro atoms. The predicted octanol–water partition coefficient (Wildman–Crippen LogP) is 3.75. The number of aromatic nitrogens is 3. The van der Waals surface area contributed by atoms with E-state index in [0.29, 0.717) is 11.4 Å². The van der Waals surface area contributed by atoms with Crippen LogP contribution < -0.4 is 5.32 Å². The fraction of sp³-hybridized carbons (Fsp3) is 0.211. The van der Waals surface area contributed by atoms with Gasteiger partial charge in [0.05, 0.1) is 17.5 Å². The predicted molar refractivity (Wildman–Crippen MR) is 94.7 cm³/mol. The first-order valence-corrected chi connectivity index (χ1v) is 7.82. The van der Waals surface area contributed by atoms with Gasteiger partial charge in [0.25, 0.3) is 5.91 Å². The number of amides is 1. The highest BCUT2D eigenvalue weighted by Gasteiger charge is 2.17. The van der Waals surface area contributed by atoms with Crippen LogP contribution >= 0.6 is 0 Å². The molecule has 3 rings (SSSR count). The van der Waals surface area contributed by atoms with Crippen LogP contribution in [0, 0.1) is 27.7 Å². The first kappa shape index (κ1) is 15.9. The second-order valence-electron chi connectivity index (χ2n) is 5.97. The number of nitrogens with one attached hydrogen (secondary N) is 1. The van der Waals surface area contributed by atoms with Crippen LogP contribution in [0.25, 0.3) is 5.82 Å². The van der Waals surface area contributed by atoms with Crippen LogP contribution in [0.5, 0.6) is 0 Å². The quantitative estimate of drug-likeness (QED) is 0.799. The van der Waals surface area contributed by atoms with Crippen LogP contribution in [0.2, 0.25) is 0 Å². The van der Waals surface area contributed by atoms with Gasteiger partial charge < -0.3 is 5.32 Å². The first-order valence-electron chi connectivity index (χ1n) is 7.82. The summed E-state index contributed by atoms with van der Waals surface area (Å²) in [4.78, 5) is 17.0. The molecule has 0 bridgehead atoms. The summed E-state index contributed by atoms with van der Waals surface area (Å²) in [7, 11) is 0. The van der Waals surface area contributed by atoms with Gasteiger partial charge in [-0.05, 0) is 51.0 Å². The molecule has 0 aliphatic heterocycles. The molecule has 0 aliphatic rings. The third-order valence-corrected chi connectivity index (χ3v) is 4.04. The maximum absolute atomic E-state index is 12.7. The van der Waals surface area contributed by atoms with Crippen molar-refractivity contribution in [3.63, 3.8) is 0 Å². The Morgan fingerprint density at radius 2 is 1.79 bits per heavy atom. The molecule has 0 unspecified atom stereocenters. The second-order valence-corrected chi connectivity index (χ2v) is 5.97. The Morgan fingerprint density at radius 1 is 1.08 bits per heavy atom. The van der Waals surface area contributed by atoms with Crippen molar-refractivity contribution in [1.29, 1.82) is 0 Å². The van der Waals surface area contributed by atoms with Crippen molar-refractivity contribution in [2.45, 2.75) is 27.7 Å². The minimum Gasteiger partial charge on any atom is -0.321 e. The van der Waals surface area contributed by atoms with E-state index < -0.39 is 0 Å². The fourth-order valence-corrected chi connectivity index (χ4v) is 2.90. The smallest absolute Gasteiger partial charge is 0.259 e. The standard InChI is InChI=1S/C19H20N4O/c1-12-9-13(2)18(14(3)10-12)22-19(24)16-11-21-23(15(16)4)17-7-5-6-8-20-17/h5-11H,1-4H3,(H,22,24). The summed E-state index contributed by atoms with van der Waals surface area (Å²) in [5.41, 5.74) is 5.44. The van der Waals surface area contributed by atoms with E-state index in [1.165, 1.54) is 5.56 Å². The number of benzene rings is 1. The number of hydrogen-bond acceptors (Lipinski definition) is 3. The number of aryl methyl sites for hydroxylation is 3. The van der Waals surface area contributed by atoms with Gasteiger partial charge in [-0.3, -0.25) is 4.79 Å². The minimum atomic E-state index is -0.162. The number of anilines is 1. The van der Waals surface area contributed by atoms with E-state index in [2.05, 4.69) is 27.5 Å². The van der Waals surface area contributed by atoms with Crippen LogP contribution in [0.4, 0.5) is 5.69 Å². The second kappa shape index (κ2) is 6.28. The number of rotatable bonds is 3. The van der Waals surface area contributed by atoms with Crippen LogP contribution in [0.1, 0.15) is 32.7 Å². The molecule has 0 fully saturated rings. The Labute approximate surface area is 141 Å². The van der Waals surface area contributed by atoms with Gasteiger partial charge >= 0.3 is 0 Å². The Morgan fingerprint density at radius 3 is 2.42 bits per heavy atom. The van der Waals surface area contributed by atoms with Gasteiger partial charge in [0.1, 0.15) is 0 Å². The molecule has 0 atom stereocenters. The molecular formula is C19H20N4O. The molecule has 0 radical (unpaired) electrons. The van der Waals surface area contributed by atoms with Crippen molar-refractivity contribution < 1.29 is 4.79 Å². The highest BCUT2D eigenvalue weighted by molar-refractivity contribution is 6.05. The molecule has 122 valence electrons. The topological polar surface area (TPSA) is 59.8 Å². The van der Waals surface area contributed by atoms with Crippen molar-refractivity contribution in [3.05, 3.63) is 70.7 Å². The van der Waals surface area contributed by atoms with Crippen molar-refractivity contribution in [1.82, 2.24) is 14.8 Å². The molecule has 5 nitrogen and oxygen atoms in total. The van der Waals surface area contributed by atoms with Gasteiger partial charge in [-0.15, -0.1) is 0 Å². The van der Waals surface area contributed by atoms with Gasteiger partial charge in [0, 0.05) is 11.9 Å². The van der Waals surface area contributed by atoms with E-state index in [1.54, 1.807) is 17.1 Å². The van der Waals surface area contributed by atoms with E-state index in [0.717, 1.165) is 22.5 Å². The van der Waals surface area contributed by atoms with Crippen molar-refractivity contribution >= 4 is 11.6 Å². The van der Waals surface area contributed by atoms with Gasteiger partial charge in [0.15, 0.2) is 5.82 Å². The lowest BCUT2D eigenvalue weighted by Gasteiger charge is -2.12. The molecule has 0 aliphatic carbocycles. The molecule has 0 saturated carbocycles. The number of carbonyl (C=O) groups is 1. The molecule has 24 heavy (non-hydrogen) atoms. The molecule has 1 amide bonds. The lowest BCUT2D eigenvalue weighted by atomic mass is 10.0. The molecule has 5 heteroatoms. The van der Waals surface area contributed by atoms with Crippen LogP contribution in [0.3, 0.4) is 0 Å². The number of carbonyl (C=O) groups excluding carboxylic acids is 1. The van der Waals surface area contributed by atoms with E-state index in [4.69, 9.17) is 0 Å². The highest BCUT2D eigenvalue weighted by atomic mass is 16.1. The maximum Gasteiger partial charge on any atom is 0.259 e. The average Bonchev–Trinajstić information content (AvgIpc) is 2.93. The van der Waals surface area contributed by atoms with Crippen molar-refractivity contribution in [2.75, 3.05) is 5.32 Å². The van der Waals surface area contributed by atoms with Gasteiger partial charge in [-0.25, -0.2) is 9.67 Å². The SMILES string of the molecule is Cc1cc(C)c(NC(=O)c2cnn(-c3ccccn3)c2C)c(C)c1. The average molecular weight is 320 g/mol. The Hall–Kier alpha value is -2.95. The lowest BCUT2D eigenvalue weighted by molar-refractivity contribution is 0.102. The van der Waals surface area contributed by atoms with Crippen molar-refractivity contribution in [2.24, 2.45) is 0 Å².